The van der Waals surface area contributed by atoms with E-state index in [0.29, 0.717) is 16.8 Å². The Hall–Kier alpha value is -2.64. The standard InChI is InChI=1S/C18H16N4O2S/c1-10-6-4-5-7-13(10)22-18(23)16-15(20-21-22)14-12(9-24-3)8-11(2)19-17(14)25-16/h4-8H,9H2,1-3H3. The molecule has 126 valence electrons. The van der Waals surface area contributed by atoms with Gasteiger partial charge in [0.2, 0.25) is 0 Å². The molecule has 0 saturated heterocycles. The van der Waals surface area contributed by atoms with E-state index in [1.165, 1.54) is 16.0 Å². The summed E-state index contributed by atoms with van der Waals surface area (Å²) in [6.07, 6.45) is 0. The monoisotopic (exact) mass is 352 g/mol. The first kappa shape index (κ1) is 15.9. The molecular weight excluding hydrogens is 336 g/mol. The highest BCUT2D eigenvalue weighted by atomic mass is 32.1. The van der Waals surface area contributed by atoms with Crippen LogP contribution < -0.4 is 5.56 Å². The number of pyridine rings is 1. The molecule has 0 amide bonds. The van der Waals surface area contributed by atoms with Crippen LogP contribution in [-0.4, -0.2) is 27.1 Å². The lowest BCUT2D eigenvalue weighted by Crippen LogP contribution is -2.22. The van der Waals surface area contributed by atoms with Gasteiger partial charge in [-0.25, -0.2) is 4.98 Å². The van der Waals surface area contributed by atoms with Gasteiger partial charge in [0.05, 0.1) is 12.3 Å². The zero-order valence-electron chi connectivity index (χ0n) is 14.1. The second kappa shape index (κ2) is 6.02. The molecule has 0 bridgehead atoms. The van der Waals surface area contributed by atoms with Crippen molar-refractivity contribution in [3.8, 4) is 5.69 Å². The number of hydrogen-bond donors (Lipinski definition) is 0. The van der Waals surface area contributed by atoms with Gasteiger partial charge in [0.15, 0.2) is 0 Å². The van der Waals surface area contributed by atoms with Gasteiger partial charge in [-0.15, -0.1) is 16.4 Å². The Labute approximate surface area is 147 Å². The van der Waals surface area contributed by atoms with Crippen molar-refractivity contribution in [2.45, 2.75) is 20.5 Å². The summed E-state index contributed by atoms with van der Waals surface area (Å²) in [7, 11) is 1.65. The molecule has 1 aromatic carbocycles. The van der Waals surface area contributed by atoms with Crippen LogP contribution >= 0.6 is 11.3 Å². The fourth-order valence-corrected chi connectivity index (χ4v) is 4.12. The molecule has 0 N–H and O–H groups in total. The minimum absolute atomic E-state index is 0.177. The number of fused-ring (bicyclic) bond motifs is 3. The van der Waals surface area contributed by atoms with Crippen LogP contribution in [0.4, 0.5) is 0 Å². The average molecular weight is 352 g/mol. The predicted molar refractivity (Wildman–Crippen MR) is 98.5 cm³/mol. The van der Waals surface area contributed by atoms with E-state index in [9.17, 15) is 4.79 Å². The second-order valence-electron chi connectivity index (χ2n) is 5.91. The van der Waals surface area contributed by atoms with E-state index >= 15 is 0 Å². The zero-order valence-corrected chi connectivity index (χ0v) is 14.9. The van der Waals surface area contributed by atoms with Gasteiger partial charge in [0, 0.05) is 18.2 Å². The molecule has 3 heterocycles. The van der Waals surface area contributed by atoms with Crippen LogP contribution in [0.25, 0.3) is 26.1 Å². The number of hydrogen-bond acceptors (Lipinski definition) is 6. The molecule has 0 saturated carbocycles. The van der Waals surface area contributed by atoms with Gasteiger partial charge in [-0.1, -0.05) is 23.4 Å². The highest BCUT2D eigenvalue weighted by molar-refractivity contribution is 7.25. The Morgan fingerprint density at radius 2 is 2.04 bits per heavy atom. The molecule has 7 heteroatoms. The Morgan fingerprint density at radius 3 is 2.80 bits per heavy atom. The van der Waals surface area contributed by atoms with Crippen LogP contribution in [0.1, 0.15) is 16.8 Å². The van der Waals surface area contributed by atoms with E-state index in [1.54, 1.807) is 7.11 Å². The maximum Gasteiger partial charge on any atom is 0.292 e. The molecule has 0 aliphatic heterocycles. The van der Waals surface area contributed by atoms with Gasteiger partial charge < -0.3 is 4.74 Å². The van der Waals surface area contributed by atoms with Gasteiger partial charge in [-0.05, 0) is 37.1 Å². The van der Waals surface area contributed by atoms with Crippen LogP contribution in [0.3, 0.4) is 0 Å². The lowest BCUT2D eigenvalue weighted by atomic mass is 10.1. The van der Waals surface area contributed by atoms with Crippen molar-refractivity contribution in [1.29, 1.82) is 0 Å². The number of aromatic nitrogens is 4. The third kappa shape index (κ3) is 2.52. The first-order valence-corrected chi connectivity index (χ1v) is 8.65. The van der Waals surface area contributed by atoms with E-state index < -0.39 is 0 Å². The zero-order chi connectivity index (χ0) is 17.6. The van der Waals surface area contributed by atoms with Crippen molar-refractivity contribution in [1.82, 2.24) is 20.0 Å². The van der Waals surface area contributed by atoms with Crippen molar-refractivity contribution in [2.75, 3.05) is 7.11 Å². The Morgan fingerprint density at radius 1 is 1.24 bits per heavy atom. The smallest absolute Gasteiger partial charge is 0.292 e. The van der Waals surface area contributed by atoms with Crippen molar-refractivity contribution < 1.29 is 4.74 Å². The largest absolute Gasteiger partial charge is 0.380 e. The molecule has 0 aliphatic carbocycles. The summed E-state index contributed by atoms with van der Waals surface area (Å²) in [5, 5.41) is 9.38. The van der Waals surface area contributed by atoms with Crippen molar-refractivity contribution >= 4 is 31.8 Å². The fourth-order valence-electron chi connectivity index (χ4n) is 2.99. The normalized spacial score (nSPS) is 11.5. The first-order valence-electron chi connectivity index (χ1n) is 7.84. The second-order valence-corrected chi connectivity index (χ2v) is 6.91. The molecule has 6 nitrogen and oxygen atoms in total. The maximum absolute atomic E-state index is 13.0. The molecule has 3 aromatic heterocycles. The van der Waals surface area contributed by atoms with Gasteiger partial charge in [-0.2, -0.15) is 4.68 Å². The Kier molecular flexibility index (Phi) is 3.82. The predicted octanol–water partition coefficient (Wildman–Crippen LogP) is 3.15. The molecule has 0 unspecified atom stereocenters. The quantitative estimate of drug-likeness (QED) is 0.566. The third-order valence-corrected chi connectivity index (χ3v) is 5.17. The maximum atomic E-state index is 13.0. The molecule has 0 spiro atoms. The van der Waals surface area contributed by atoms with Gasteiger partial charge >= 0.3 is 0 Å². The molecule has 0 fully saturated rings. The Balaban J connectivity index is 2.06. The average Bonchev–Trinajstić information content (AvgIpc) is 2.96. The van der Waals surface area contributed by atoms with E-state index in [4.69, 9.17) is 4.74 Å². The minimum atomic E-state index is -0.177. The van der Waals surface area contributed by atoms with Gasteiger partial charge in [0.25, 0.3) is 5.56 Å². The third-order valence-electron chi connectivity index (χ3n) is 4.11. The molecule has 4 aromatic rings. The summed E-state index contributed by atoms with van der Waals surface area (Å²) in [6, 6.07) is 9.59. The number of nitrogens with zero attached hydrogens (tertiary/aromatic N) is 4. The molecule has 0 aliphatic rings. The Bertz CT molecular complexity index is 1160. The number of benzene rings is 1. The fraction of sp³-hybridized carbons (Fsp3) is 0.222. The molecule has 25 heavy (non-hydrogen) atoms. The van der Waals surface area contributed by atoms with Crippen LogP contribution in [0.2, 0.25) is 0 Å². The van der Waals surface area contributed by atoms with Gasteiger partial charge in [0.1, 0.15) is 15.0 Å². The first-order chi connectivity index (χ1) is 12.1. The number of para-hydroxylation sites is 1. The van der Waals surface area contributed by atoms with Crippen molar-refractivity contribution in [3.05, 3.63) is 57.5 Å². The summed E-state index contributed by atoms with van der Waals surface area (Å²) in [5.74, 6) is 0. The SMILES string of the molecule is COCc1cc(C)nc2sc3c(=O)n(-c4ccccc4C)nnc3c12. The summed E-state index contributed by atoms with van der Waals surface area (Å²) in [4.78, 5) is 18.4. The van der Waals surface area contributed by atoms with Crippen LogP contribution in [0, 0.1) is 13.8 Å². The summed E-state index contributed by atoms with van der Waals surface area (Å²) in [6.45, 7) is 4.31. The number of ether oxygens (including phenoxy) is 1. The number of rotatable bonds is 3. The number of methoxy groups -OCH3 is 1. The topological polar surface area (TPSA) is 69.9 Å². The highest BCUT2D eigenvalue weighted by Gasteiger charge is 2.18. The summed E-state index contributed by atoms with van der Waals surface area (Å²) in [5.41, 5.74) is 3.98. The molecule has 4 rings (SSSR count). The molecular formula is C18H16N4O2S. The van der Waals surface area contributed by atoms with Crippen LogP contribution in [0.5, 0.6) is 0 Å². The minimum Gasteiger partial charge on any atom is -0.380 e. The van der Waals surface area contributed by atoms with E-state index in [0.717, 1.165) is 32.7 Å². The number of thiophene rings is 1. The van der Waals surface area contributed by atoms with Crippen molar-refractivity contribution in [3.63, 3.8) is 0 Å². The van der Waals surface area contributed by atoms with Crippen LogP contribution in [-0.2, 0) is 11.3 Å². The van der Waals surface area contributed by atoms with E-state index in [1.807, 2.05) is 44.2 Å². The lowest BCUT2D eigenvalue weighted by molar-refractivity contribution is 0.186. The molecule has 0 atom stereocenters. The van der Waals surface area contributed by atoms with E-state index in [-0.39, 0.29) is 5.56 Å². The highest BCUT2D eigenvalue weighted by Crippen LogP contribution is 2.32. The van der Waals surface area contributed by atoms with E-state index in [2.05, 4.69) is 15.3 Å². The van der Waals surface area contributed by atoms with Crippen molar-refractivity contribution in [2.24, 2.45) is 0 Å². The number of aryl methyl sites for hydroxylation is 2. The van der Waals surface area contributed by atoms with Gasteiger partial charge in [-0.3, -0.25) is 4.79 Å². The van der Waals surface area contributed by atoms with Crippen LogP contribution in [0.15, 0.2) is 35.1 Å². The summed E-state index contributed by atoms with van der Waals surface area (Å²) >= 11 is 1.35. The molecule has 0 radical (unpaired) electrons. The lowest BCUT2D eigenvalue weighted by Gasteiger charge is -2.06. The summed E-state index contributed by atoms with van der Waals surface area (Å²) < 4.78 is 7.21.